The third kappa shape index (κ3) is 3.84. The average Bonchev–Trinajstić information content (AvgIpc) is 2.88. The number of benzene rings is 1. The molecule has 4 nitrogen and oxygen atoms in total. The normalized spacial score (nSPS) is 34.1. The molecule has 0 aromatic heterocycles. The molecule has 1 spiro atoms. The van der Waals surface area contributed by atoms with Crippen LogP contribution in [0.1, 0.15) is 38.2 Å². The Morgan fingerprint density at radius 3 is 2.54 bits per heavy atom. The van der Waals surface area contributed by atoms with Crippen LogP contribution < -0.4 is 0 Å². The Labute approximate surface area is 146 Å². The van der Waals surface area contributed by atoms with E-state index in [1.54, 1.807) is 0 Å². The van der Waals surface area contributed by atoms with Gasteiger partial charge in [-0.2, -0.15) is 0 Å². The van der Waals surface area contributed by atoms with Crippen LogP contribution in [0.25, 0.3) is 0 Å². The van der Waals surface area contributed by atoms with Crippen molar-refractivity contribution in [1.29, 1.82) is 0 Å². The minimum atomic E-state index is -3.11. The smallest absolute Gasteiger partial charge is 0.151 e. The molecule has 0 amide bonds. The second-order valence-electron chi connectivity index (χ2n) is 7.88. The van der Waals surface area contributed by atoms with E-state index in [1.165, 1.54) is 11.8 Å². The third-order valence-electron chi connectivity index (χ3n) is 5.68. The summed E-state index contributed by atoms with van der Waals surface area (Å²) >= 11 is 0. The van der Waals surface area contributed by atoms with Crippen LogP contribution >= 0.6 is 0 Å². The van der Waals surface area contributed by atoms with Gasteiger partial charge in [0.25, 0.3) is 0 Å². The summed E-state index contributed by atoms with van der Waals surface area (Å²) in [6, 6.07) is 10.3. The van der Waals surface area contributed by atoms with Gasteiger partial charge in [0.15, 0.2) is 9.84 Å². The Morgan fingerprint density at radius 1 is 1.25 bits per heavy atom. The lowest BCUT2D eigenvalue weighted by atomic mass is 9.78. The van der Waals surface area contributed by atoms with Gasteiger partial charge in [-0.15, -0.1) is 0 Å². The second-order valence-corrected chi connectivity index (χ2v) is 10.1. The van der Waals surface area contributed by atoms with Crippen LogP contribution in [-0.4, -0.2) is 50.1 Å². The molecule has 4 atom stereocenters. The van der Waals surface area contributed by atoms with E-state index < -0.39 is 9.84 Å². The predicted molar refractivity (Wildman–Crippen MR) is 96.6 cm³/mol. The van der Waals surface area contributed by atoms with E-state index in [2.05, 4.69) is 24.0 Å². The van der Waals surface area contributed by atoms with Crippen LogP contribution in [0.5, 0.6) is 0 Å². The summed E-state index contributed by atoms with van der Waals surface area (Å²) in [5, 5.41) is -0.342. The minimum absolute atomic E-state index is 0.0605. The van der Waals surface area contributed by atoms with Crippen molar-refractivity contribution >= 4 is 9.84 Å². The van der Waals surface area contributed by atoms with E-state index in [0.29, 0.717) is 12.3 Å². The number of nitrogens with zero attached hydrogens (tertiary/aromatic N) is 1. The molecule has 0 N–H and O–H groups in total. The number of hydrogen-bond donors (Lipinski definition) is 0. The van der Waals surface area contributed by atoms with Crippen LogP contribution in [0, 0.1) is 5.92 Å². The molecule has 2 aliphatic rings. The van der Waals surface area contributed by atoms with Crippen LogP contribution in [0.4, 0.5) is 0 Å². The van der Waals surface area contributed by atoms with Gasteiger partial charge in [0.2, 0.25) is 0 Å². The van der Waals surface area contributed by atoms with Crippen molar-refractivity contribution in [3.8, 4) is 0 Å². The van der Waals surface area contributed by atoms with Crippen molar-refractivity contribution < 1.29 is 13.2 Å². The van der Waals surface area contributed by atoms with Crippen LogP contribution in [0.15, 0.2) is 30.3 Å². The SMILES string of the molecule is CC1COC2(CCC(N(C)Cc3ccccc3)C(S(C)(=O)=O)C2)C1. The first-order valence-electron chi connectivity index (χ1n) is 8.86. The van der Waals surface area contributed by atoms with Gasteiger partial charge in [0.05, 0.1) is 10.9 Å². The van der Waals surface area contributed by atoms with Gasteiger partial charge in [-0.25, -0.2) is 8.42 Å². The maximum Gasteiger partial charge on any atom is 0.151 e. The topological polar surface area (TPSA) is 46.6 Å². The summed E-state index contributed by atoms with van der Waals surface area (Å²) in [6.45, 7) is 3.74. The molecule has 1 aromatic rings. The zero-order chi connectivity index (χ0) is 17.4. The number of rotatable bonds is 4. The van der Waals surface area contributed by atoms with Crippen LogP contribution in [0.2, 0.25) is 0 Å². The van der Waals surface area contributed by atoms with Crippen LogP contribution in [0.3, 0.4) is 0 Å². The molecule has 1 saturated heterocycles. The third-order valence-corrected chi connectivity index (χ3v) is 7.26. The number of hydrogen-bond acceptors (Lipinski definition) is 4. The maximum atomic E-state index is 12.5. The molecule has 0 bridgehead atoms. The first kappa shape index (κ1) is 17.9. The highest BCUT2D eigenvalue weighted by Crippen LogP contribution is 2.44. The maximum absolute atomic E-state index is 12.5. The molecule has 134 valence electrons. The Balaban J connectivity index is 1.77. The first-order valence-corrected chi connectivity index (χ1v) is 10.8. The van der Waals surface area contributed by atoms with E-state index >= 15 is 0 Å². The van der Waals surface area contributed by atoms with Crippen molar-refractivity contribution in [2.24, 2.45) is 5.92 Å². The van der Waals surface area contributed by atoms with Gasteiger partial charge >= 0.3 is 0 Å². The molecule has 24 heavy (non-hydrogen) atoms. The fraction of sp³-hybridized carbons (Fsp3) is 0.684. The van der Waals surface area contributed by atoms with Gasteiger partial charge in [0, 0.05) is 25.4 Å². The zero-order valence-corrected chi connectivity index (χ0v) is 15.8. The molecule has 1 heterocycles. The lowest BCUT2D eigenvalue weighted by Crippen LogP contribution is -2.53. The molecule has 4 unspecified atom stereocenters. The summed E-state index contributed by atoms with van der Waals surface area (Å²) in [4.78, 5) is 2.21. The van der Waals surface area contributed by atoms with Crippen molar-refractivity contribution in [3.63, 3.8) is 0 Å². The highest BCUT2D eigenvalue weighted by molar-refractivity contribution is 7.91. The summed E-state index contributed by atoms with van der Waals surface area (Å²) in [5.41, 5.74) is 1.01. The highest BCUT2D eigenvalue weighted by atomic mass is 32.2. The second kappa shape index (κ2) is 6.77. The van der Waals surface area contributed by atoms with Gasteiger partial charge in [0.1, 0.15) is 0 Å². The van der Waals surface area contributed by atoms with Gasteiger partial charge in [-0.05, 0) is 44.2 Å². The van der Waals surface area contributed by atoms with E-state index in [-0.39, 0.29) is 16.9 Å². The van der Waals surface area contributed by atoms with E-state index in [0.717, 1.165) is 32.4 Å². The average molecular weight is 352 g/mol. The Morgan fingerprint density at radius 2 is 1.96 bits per heavy atom. The summed E-state index contributed by atoms with van der Waals surface area (Å²) in [5.74, 6) is 0.531. The lowest BCUT2D eigenvalue weighted by Gasteiger charge is -2.44. The summed E-state index contributed by atoms with van der Waals surface area (Å²) in [6.07, 6.45) is 4.87. The fourth-order valence-corrected chi connectivity index (χ4v) is 6.04. The van der Waals surface area contributed by atoms with E-state index in [9.17, 15) is 8.42 Å². The molecule has 1 aliphatic heterocycles. The lowest BCUT2D eigenvalue weighted by molar-refractivity contribution is -0.0392. The molecule has 3 rings (SSSR count). The van der Waals surface area contributed by atoms with Crippen LogP contribution in [-0.2, 0) is 21.1 Å². The molecule has 5 heteroatoms. The van der Waals surface area contributed by atoms with E-state index in [1.807, 2.05) is 25.2 Å². The molecule has 1 aromatic carbocycles. The molecular formula is C19H29NO3S. The largest absolute Gasteiger partial charge is 0.375 e. The molecule has 2 fully saturated rings. The molecule has 1 saturated carbocycles. The molecule has 1 aliphatic carbocycles. The van der Waals surface area contributed by atoms with Crippen molar-refractivity contribution in [2.75, 3.05) is 19.9 Å². The van der Waals surface area contributed by atoms with Crippen molar-refractivity contribution in [3.05, 3.63) is 35.9 Å². The summed E-state index contributed by atoms with van der Waals surface area (Å²) < 4.78 is 31.1. The predicted octanol–water partition coefficient (Wildman–Crippen LogP) is 2.88. The monoisotopic (exact) mass is 351 g/mol. The number of sulfone groups is 1. The Hall–Kier alpha value is -0.910. The standard InChI is InChI=1S/C19H29NO3S/c1-15-11-19(23-14-15)10-9-17(18(12-19)24(3,21)22)20(2)13-16-7-5-4-6-8-16/h4-8,15,17-18H,9-14H2,1-3H3. The fourth-order valence-electron chi connectivity index (χ4n) is 4.52. The number of ether oxygens (including phenoxy) is 1. The Kier molecular flexibility index (Phi) is 5.05. The van der Waals surface area contributed by atoms with Crippen molar-refractivity contribution in [1.82, 2.24) is 4.90 Å². The molecular weight excluding hydrogens is 322 g/mol. The Bertz CT molecular complexity index is 660. The zero-order valence-electron chi connectivity index (χ0n) is 14.9. The first-order chi connectivity index (χ1) is 11.3. The van der Waals surface area contributed by atoms with E-state index in [4.69, 9.17) is 4.74 Å². The van der Waals surface area contributed by atoms with Crippen molar-refractivity contribution in [2.45, 2.75) is 56.0 Å². The van der Waals surface area contributed by atoms with Gasteiger partial charge in [-0.3, -0.25) is 4.90 Å². The quantitative estimate of drug-likeness (QED) is 0.837. The minimum Gasteiger partial charge on any atom is -0.375 e. The van der Waals surface area contributed by atoms with Gasteiger partial charge < -0.3 is 4.74 Å². The molecule has 0 radical (unpaired) electrons. The summed E-state index contributed by atoms with van der Waals surface area (Å²) in [7, 11) is -1.07. The highest BCUT2D eigenvalue weighted by Gasteiger charge is 2.49. The van der Waals surface area contributed by atoms with Gasteiger partial charge in [-0.1, -0.05) is 37.3 Å².